The molecule has 1 aliphatic heterocycles. The molecule has 218 valence electrons. The number of nitrogens with zero attached hydrogens (tertiary/aromatic N) is 1. The lowest BCUT2D eigenvalue weighted by Crippen LogP contribution is -2.41. The van der Waals surface area contributed by atoms with Crippen LogP contribution in [0.5, 0.6) is 23.0 Å². The minimum atomic E-state index is -0.608. The lowest BCUT2D eigenvalue weighted by atomic mass is 9.66. The minimum absolute atomic E-state index is 0.0100. The Balaban J connectivity index is 1.54. The molecule has 0 bridgehead atoms. The Hall–Kier alpha value is -3.81. The highest BCUT2D eigenvalue weighted by atomic mass is 16.5. The maximum absolute atomic E-state index is 14.0. The highest BCUT2D eigenvalue weighted by Crippen LogP contribution is 2.48. The molecular weight excluding hydrogens is 522 g/mol. The van der Waals surface area contributed by atoms with Gasteiger partial charge in [-0.2, -0.15) is 0 Å². The van der Waals surface area contributed by atoms with E-state index in [1.54, 1.807) is 32.4 Å². The fourth-order valence-electron chi connectivity index (χ4n) is 6.54. The summed E-state index contributed by atoms with van der Waals surface area (Å²) in [5, 5.41) is 10.4. The van der Waals surface area contributed by atoms with E-state index < -0.39 is 17.8 Å². The van der Waals surface area contributed by atoms with Crippen molar-refractivity contribution >= 4 is 17.5 Å². The Bertz CT molecular complexity index is 1370. The van der Waals surface area contributed by atoms with Gasteiger partial charge in [-0.3, -0.25) is 9.79 Å². The minimum Gasteiger partial charge on any atom is -0.504 e. The topological polar surface area (TPSA) is 104 Å². The number of methoxy groups -OCH3 is 2. The van der Waals surface area contributed by atoms with E-state index in [4.69, 9.17) is 23.9 Å². The predicted octanol–water partition coefficient (Wildman–Crippen LogP) is 6.26. The molecule has 2 aromatic rings. The van der Waals surface area contributed by atoms with Crippen molar-refractivity contribution in [2.75, 3.05) is 20.8 Å². The molecule has 2 aromatic carbocycles. The molecular formula is C33H39NO7. The second kappa shape index (κ2) is 12.4. The number of hydrogen-bond donors (Lipinski definition) is 1. The molecule has 0 radical (unpaired) electrons. The van der Waals surface area contributed by atoms with E-state index in [2.05, 4.69) is 0 Å². The van der Waals surface area contributed by atoms with Crippen LogP contribution in [0.25, 0.3) is 0 Å². The monoisotopic (exact) mass is 561 g/mol. The van der Waals surface area contributed by atoms with Crippen LogP contribution in [0, 0.1) is 5.92 Å². The van der Waals surface area contributed by atoms with Crippen molar-refractivity contribution in [2.45, 2.75) is 76.7 Å². The number of benzene rings is 2. The fourth-order valence-corrected chi connectivity index (χ4v) is 6.54. The first-order chi connectivity index (χ1) is 19.8. The highest BCUT2D eigenvalue weighted by molar-refractivity contribution is 6.12. The predicted molar refractivity (Wildman–Crippen MR) is 155 cm³/mol. The molecule has 3 aliphatic rings. The Morgan fingerprint density at radius 1 is 0.927 bits per heavy atom. The number of phenolic OH excluding ortho intramolecular Hbond substituents is 1. The molecule has 0 aromatic heterocycles. The number of phenols is 1. The first-order valence-corrected chi connectivity index (χ1v) is 14.5. The van der Waals surface area contributed by atoms with E-state index >= 15 is 0 Å². The van der Waals surface area contributed by atoms with Crippen LogP contribution in [0.4, 0.5) is 0 Å². The first kappa shape index (κ1) is 28.7. The van der Waals surface area contributed by atoms with Crippen LogP contribution in [0.3, 0.4) is 0 Å². The van der Waals surface area contributed by atoms with Gasteiger partial charge in [0, 0.05) is 23.7 Å². The van der Waals surface area contributed by atoms with E-state index in [0.29, 0.717) is 48.0 Å². The summed E-state index contributed by atoms with van der Waals surface area (Å²) in [6.07, 6.45) is 5.67. The molecule has 41 heavy (non-hydrogen) atoms. The van der Waals surface area contributed by atoms with Crippen molar-refractivity contribution in [2.24, 2.45) is 10.9 Å². The van der Waals surface area contributed by atoms with E-state index in [0.717, 1.165) is 48.9 Å². The molecule has 2 fully saturated rings. The van der Waals surface area contributed by atoms with Gasteiger partial charge in [0.05, 0.1) is 32.3 Å². The van der Waals surface area contributed by atoms with Crippen molar-refractivity contribution in [1.29, 1.82) is 0 Å². The first-order valence-electron chi connectivity index (χ1n) is 14.5. The van der Waals surface area contributed by atoms with Gasteiger partial charge in [0.15, 0.2) is 23.0 Å². The van der Waals surface area contributed by atoms with Crippen LogP contribution in [0.2, 0.25) is 0 Å². The van der Waals surface area contributed by atoms with Gasteiger partial charge in [0.2, 0.25) is 0 Å². The third-order valence-electron chi connectivity index (χ3n) is 8.52. The van der Waals surface area contributed by atoms with E-state index in [1.165, 1.54) is 0 Å². The second-order valence-corrected chi connectivity index (χ2v) is 11.1. The van der Waals surface area contributed by atoms with Crippen LogP contribution in [-0.4, -0.2) is 49.5 Å². The molecule has 8 nitrogen and oxygen atoms in total. The summed E-state index contributed by atoms with van der Waals surface area (Å²) < 4.78 is 22.6. The Morgan fingerprint density at radius 2 is 1.63 bits per heavy atom. The summed E-state index contributed by atoms with van der Waals surface area (Å²) in [4.78, 5) is 32.7. The van der Waals surface area contributed by atoms with Gasteiger partial charge >= 0.3 is 5.97 Å². The molecule has 5 rings (SSSR count). The van der Waals surface area contributed by atoms with Gasteiger partial charge in [-0.15, -0.1) is 0 Å². The number of rotatable bonds is 8. The number of aliphatic imine (C=N–C) groups is 1. The number of Topliss-reactive ketones (excluding diaryl/α,β-unsaturated/α-hetero) is 1. The summed E-state index contributed by atoms with van der Waals surface area (Å²) in [7, 11) is 3.19. The number of hydrogen-bond acceptors (Lipinski definition) is 8. The smallest absolute Gasteiger partial charge is 0.336 e. The maximum Gasteiger partial charge on any atom is 0.336 e. The number of carbonyl (C=O) groups excluding carboxylic acids is 2. The maximum atomic E-state index is 14.0. The molecule has 0 spiro atoms. The zero-order valence-electron chi connectivity index (χ0n) is 24.3. The number of carbonyl (C=O) groups is 2. The lowest BCUT2D eigenvalue weighted by Gasteiger charge is -2.38. The average molecular weight is 562 g/mol. The zero-order chi connectivity index (χ0) is 29.1. The van der Waals surface area contributed by atoms with Gasteiger partial charge in [0.1, 0.15) is 11.9 Å². The van der Waals surface area contributed by atoms with Gasteiger partial charge < -0.3 is 24.1 Å². The van der Waals surface area contributed by atoms with E-state index in [9.17, 15) is 14.7 Å². The molecule has 3 atom stereocenters. The molecule has 0 amide bonds. The van der Waals surface area contributed by atoms with Crippen molar-refractivity contribution in [1.82, 2.24) is 0 Å². The van der Waals surface area contributed by atoms with Crippen molar-refractivity contribution in [3.8, 4) is 23.0 Å². The molecule has 0 saturated heterocycles. The van der Waals surface area contributed by atoms with E-state index in [-0.39, 0.29) is 23.6 Å². The largest absolute Gasteiger partial charge is 0.504 e. The van der Waals surface area contributed by atoms with Gasteiger partial charge in [-0.25, -0.2) is 4.79 Å². The molecule has 2 saturated carbocycles. The van der Waals surface area contributed by atoms with Gasteiger partial charge in [-0.05, 0) is 87.3 Å². The Labute approximate surface area is 241 Å². The van der Waals surface area contributed by atoms with Crippen molar-refractivity contribution < 1.29 is 33.6 Å². The zero-order valence-corrected chi connectivity index (χ0v) is 24.3. The summed E-state index contributed by atoms with van der Waals surface area (Å²) in [5.41, 5.74) is 3.42. The summed E-state index contributed by atoms with van der Waals surface area (Å²) in [5.74, 6) is -0.109. The number of allylic oxidation sites excluding steroid dienone is 1. The highest BCUT2D eigenvalue weighted by Gasteiger charge is 2.46. The summed E-state index contributed by atoms with van der Waals surface area (Å²) in [6, 6.07) is 10.8. The SMILES string of the molecule is CCOc1cc([C@H]2C(C(=O)OC3CCCCC3)=C(C)N=C3C[C@@H](c4ccc(OC)c(OC)c4)CC(=O)C32)ccc1O. The molecule has 1 N–H and O–H groups in total. The molecule has 1 unspecified atom stereocenters. The average Bonchev–Trinajstić information content (AvgIpc) is 2.97. The number of ether oxygens (including phenoxy) is 4. The lowest BCUT2D eigenvalue weighted by molar-refractivity contribution is -0.146. The molecule has 1 heterocycles. The van der Waals surface area contributed by atoms with Crippen LogP contribution < -0.4 is 14.2 Å². The number of fused-ring (bicyclic) bond motifs is 1. The Kier molecular flexibility index (Phi) is 8.66. The summed E-state index contributed by atoms with van der Waals surface area (Å²) >= 11 is 0. The quantitative estimate of drug-likeness (QED) is 0.380. The van der Waals surface area contributed by atoms with Crippen LogP contribution in [0.15, 0.2) is 52.7 Å². The number of ketones is 1. The normalized spacial score (nSPS) is 23.0. The number of esters is 1. The van der Waals surface area contributed by atoms with Crippen molar-refractivity contribution in [3.63, 3.8) is 0 Å². The van der Waals surface area contributed by atoms with Crippen LogP contribution in [0.1, 0.15) is 81.8 Å². The Morgan fingerprint density at radius 3 is 2.34 bits per heavy atom. The van der Waals surface area contributed by atoms with Crippen LogP contribution in [-0.2, 0) is 14.3 Å². The number of aromatic hydroxyl groups is 1. The molecule has 2 aliphatic carbocycles. The fraction of sp³-hybridized carbons (Fsp3) is 0.485. The van der Waals surface area contributed by atoms with Crippen LogP contribution >= 0.6 is 0 Å². The summed E-state index contributed by atoms with van der Waals surface area (Å²) in [6.45, 7) is 4.03. The van der Waals surface area contributed by atoms with Gasteiger partial charge in [0.25, 0.3) is 0 Å². The third kappa shape index (κ3) is 5.83. The standard InChI is InChI=1S/C33H39NO7/c1-5-40-28-18-21(11-13-25(28)35)31-30(33(37)41-23-9-7-6-8-10-23)19(2)34-24-15-22(16-26(36)32(24)31)20-12-14-27(38-3)29(17-20)39-4/h11-14,17-18,22-23,31-32,35H,5-10,15-16H2,1-4H3/t22-,31+,32?/m1/s1. The second-order valence-electron chi connectivity index (χ2n) is 11.1. The third-order valence-corrected chi connectivity index (χ3v) is 8.52. The molecule has 8 heteroatoms. The van der Waals surface area contributed by atoms with Gasteiger partial charge in [-0.1, -0.05) is 18.6 Å². The van der Waals surface area contributed by atoms with E-state index in [1.807, 2.05) is 32.0 Å². The van der Waals surface area contributed by atoms with Crippen molar-refractivity contribution in [3.05, 3.63) is 58.8 Å².